The minimum absolute atomic E-state index is 0.0577. The van der Waals surface area contributed by atoms with Gasteiger partial charge in [-0.25, -0.2) is 8.42 Å². The molecule has 0 aliphatic heterocycles. The molecule has 1 amide bonds. The van der Waals surface area contributed by atoms with Crippen LogP contribution in [0.15, 0.2) is 83.8 Å². The zero-order valence-corrected chi connectivity index (χ0v) is 20.1. The number of carbonyl (C=O) groups is 1. The summed E-state index contributed by atoms with van der Waals surface area (Å²) in [5, 5.41) is 3.44. The van der Waals surface area contributed by atoms with E-state index in [9.17, 15) is 13.2 Å². The van der Waals surface area contributed by atoms with Gasteiger partial charge in [0.2, 0.25) is 5.91 Å². The fourth-order valence-electron chi connectivity index (χ4n) is 3.40. The maximum Gasteiger partial charge on any atom is 0.264 e. The maximum atomic E-state index is 13.4. The number of hydrogen-bond donors (Lipinski definition) is 1. The van der Waals surface area contributed by atoms with Gasteiger partial charge in [0.1, 0.15) is 6.54 Å². The van der Waals surface area contributed by atoms with Gasteiger partial charge in [-0.2, -0.15) is 0 Å². The van der Waals surface area contributed by atoms with Crippen LogP contribution in [-0.2, 0) is 21.2 Å². The van der Waals surface area contributed by atoms with Crippen LogP contribution in [0.3, 0.4) is 0 Å². The largest absolute Gasteiger partial charge is 0.349 e. The average molecular weight is 491 g/mol. The third-order valence-corrected chi connectivity index (χ3v) is 7.08. The average Bonchev–Trinajstić information content (AvgIpc) is 2.73. The molecule has 0 saturated heterocycles. The third kappa shape index (κ3) is 6.03. The lowest BCUT2D eigenvalue weighted by molar-refractivity contribution is -0.121. The van der Waals surface area contributed by atoms with E-state index in [1.54, 1.807) is 18.2 Å². The number of nitrogens with one attached hydrogen (secondary N) is 1. The van der Waals surface area contributed by atoms with Crippen molar-refractivity contribution < 1.29 is 13.2 Å². The lowest BCUT2D eigenvalue weighted by atomic mass is 9.95. The summed E-state index contributed by atoms with van der Waals surface area (Å²) in [5.41, 5.74) is 0.646. The molecule has 0 unspecified atom stereocenters. The molecule has 8 heteroatoms. The van der Waals surface area contributed by atoms with Crippen molar-refractivity contribution in [1.29, 1.82) is 0 Å². The lowest BCUT2D eigenvalue weighted by Crippen LogP contribution is -2.50. The number of hydrogen-bond acceptors (Lipinski definition) is 3. The first kappa shape index (κ1) is 24.1. The van der Waals surface area contributed by atoms with Gasteiger partial charge in [-0.05, 0) is 56.2 Å². The fraction of sp³-hybridized carbons (Fsp3) is 0.208. The van der Waals surface area contributed by atoms with Gasteiger partial charge in [0.25, 0.3) is 10.0 Å². The van der Waals surface area contributed by atoms with E-state index in [4.69, 9.17) is 23.2 Å². The fourth-order valence-corrected chi connectivity index (χ4v) is 5.42. The van der Waals surface area contributed by atoms with E-state index in [0.29, 0.717) is 11.4 Å². The smallest absolute Gasteiger partial charge is 0.264 e. The molecule has 0 saturated carbocycles. The monoisotopic (exact) mass is 490 g/mol. The molecule has 3 aromatic carbocycles. The Hall–Kier alpha value is -2.54. The topological polar surface area (TPSA) is 66.5 Å². The first-order chi connectivity index (χ1) is 15.1. The molecule has 0 bridgehead atoms. The number of rotatable bonds is 8. The van der Waals surface area contributed by atoms with E-state index in [-0.39, 0.29) is 15.6 Å². The van der Waals surface area contributed by atoms with Crippen LogP contribution in [0, 0.1) is 0 Å². The van der Waals surface area contributed by atoms with E-state index in [1.165, 1.54) is 30.3 Å². The van der Waals surface area contributed by atoms with Crippen molar-refractivity contribution >= 4 is 44.8 Å². The summed E-state index contributed by atoms with van der Waals surface area (Å²) in [7, 11) is -4.05. The van der Waals surface area contributed by atoms with E-state index in [1.807, 2.05) is 44.2 Å². The quantitative estimate of drug-likeness (QED) is 0.464. The van der Waals surface area contributed by atoms with Crippen LogP contribution < -0.4 is 9.62 Å². The summed E-state index contributed by atoms with van der Waals surface area (Å²) in [6.45, 7) is 3.35. The Morgan fingerprint density at radius 3 is 2.12 bits per heavy atom. The van der Waals surface area contributed by atoms with Gasteiger partial charge < -0.3 is 5.32 Å². The lowest BCUT2D eigenvalue weighted by Gasteiger charge is -2.30. The van der Waals surface area contributed by atoms with E-state index >= 15 is 0 Å². The molecule has 3 aromatic rings. The number of carbonyl (C=O) groups excluding carboxylic acids is 1. The standard InChI is InChI=1S/C24H24Cl2N2O3S/c1-24(2,16-18-9-5-3-6-10-18)27-23(29)17-28(22-14-13-19(25)15-21(22)26)32(30,31)20-11-7-4-8-12-20/h3-15H,16-17H2,1-2H3,(H,27,29). The molecule has 5 nitrogen and oxygen atoms in total. The van der Waals surface area contributed by atoms with Crippen molar-refractivity contribution in [1.82, 2.24) is 5.32 Å². The first-order valence-corrected chi connectivity index (χ1v) is 12.2. The second-order valence-corrected chi connectivity index (χ2v) is 10.7. The summed E-state index contributed by atoms with van der Waals surface area (Å²) in [6.07, 6.45) is 0.590. The molecule has 0 aliphatic rings. The molecule has 0 heterocycles. The highest BCUT2D eigenvalue weighted by atomic mass is 35.5. The number of amides is 1. The molecule has 1 N–H and O–H groups in total. The summed E-state index contributed by atoms with van der Waals surface area (Å²) in [5.74, 6) is -0.448. The summed E-state index contributed by atoms with van der Waals surface area (Å²) in [4.78, 5) is 13.1. The van der Waals surface area contributed by atoms with Crippen LogP contribution >= 0.6 is 23.2 Å². The number of nitrogens with zero attached hydrogens (tertiary/aromatic N) is 1. The zero-order valence-electron chi connectivity index (χ0n) is 17.8. The number of anilines is 1. The Kier molecular flexibility index (Phi) is 7.49. The minimum atomic E-state index is -4.05. The van der Waals surface area contributed by atoms with Crippen LogP contribution in [0.1, 0.15) is 19.4 Å². The van der Waals surface area contributed by atoms with Gasteiger partial charge in [-0.3, -0.25) is 9.10 Å². The number of sulfonamides is 1. The number of halogens is 2. The summed E-state index contributed by atoms with van der Waals surface area (Å²) >= 11 is 12.3. The summed E-state index contributed by atoms with van der Waals surface area (Å²) < 4.78 is 27.8. The van der Waals surface area contributed by atoms with Crippen molar-refractivity contribution in [3.8, 4) is 0 Å². The predicted octanol–water partition coefficient (Wildman–Crippen LogP) is 5.33. The maximum absolute atomic E-state index is 13.4. The number of benzene rings is 3. The molecule has 168 valence electrons. The van der Waals surface area contributed by atoms with Gasteiger partial charge in [0, 0.05) is 10.6 Å². The van der Waals surface area contributed by atoms with Crippen molar-refractivity contribution in [2.75, 3.05) is 10.8 Å². The second-order valence-electron chi connectivity index (χ2n) is 8.01. The highest BCUT2D eigenvalue weighted by Gasteiger charge is 2.30. The Morgan fingerprint density at radius 2 is 1.53 bits per heavy atom. The Balaban J connectivity index is 1.89. The molecular weight excluding hydrogens is 467 g/mol. The van der Waals surface area contributed by atoms with Crippen LogP contribution in [0.4, 0.5) is 5.69 Å². The molecule has 3 rings (SSSR count). The molecule has 0 radical (unpaired) electrons. The van der Waals surface area contributed by atoms with Gasteiger partial charge >= 0.3 is 0 Å². The first-order valence-electron chi connectivity index (χ1n) is 9.96. The highest BCUT2D eigenvalue weighted by Crippen LogP contribution is 2.32. The van der Waals surface area contributed by atoms with Gasteiger partial charge in [-0.15, -0.1) is 0 Å². The molecule has 32 heavy (non-hydrogen) atoms. The molecule has 0 atom stereocenters. The molecular formula is C24H24Cl2N2O3S. The van der Waals surface area contributed by atoms with Crippen molar-refractivity contribution in [2.45, 2.75) is 30.7 Å². The zero-order chi connectivity index (χ0) is 23.4. The Bertz CT molecular complexity index is 1180. The molecule has 0 fully saturated rings. The third-order valence-electron chi connectivity index (χ3n) is 4.76. The van der Waals surface area contributed by atoms with E-state index in [2.05, 4.69) is 5.32 Å². The second kappa shape index (κ2) is 9.94. The SMILES string of the molecule is CC(C)(Cc1ccccc1)NC(=O)CN(c1ccc(Cl)cc1Cl)S(=O)(=O)c1ccccc1. The molecule has 0 aliphatic carbocycles. The van der Waals surface area contributed by atoms with Gasteiger partial charge in [0.15, 0.2) is 0 Å². The van der Waals surface area contributed by atoms with Crippen LogP contribution in [0.5, 0.6) is 0 Å². The Morgan fingerprint density at radius 1 is 0.938 bits per heavy atom. The van der Waals surface area contributed by atoms with Gasteiger partial charge in [0.05, 0.1) is 15.6 Å². The van der Waals surface area contributed by atoms with Crippen LogP contribution in [0.2, 0.25) is 10.0 Å². The van der Waals surface area contributed by atoms with E-state index in [0.717, 1.165) is 9.87 Å². The van der Waals surface area contributed by atoms with Crippen LogP contribution in [0.25, 0.3) is 0 Å². The van der Waals surface area contributed by atoms with Crippen molar-refractivity contribution in [2.24, 2.45) is 0 Å². The molecule has 0 aromatic heterocycles. The van der Waals surface area contributed by atoms with Gasteiger partial charge in [-0.1, -0.05) is 71.7 Å². The van der Waals surface area contributed by atoms with Crippen molar-refractivity contribution in [3.63, 3.8) is 0 Å². The van der Waals surface area contributed by atoms with E-state index < -0.39 is 28.0 Å². The van der Waals surface area contributed by atoms with Crippen LogP contribution in [-0.4, -0.2) is 26.4 Å². The normalized spacial score (nSPS) is 11.8. The predicted molar refractivity (Wildman–Crippen MR) is 130 cm³/mol. The van der Waals surface area contributed by atoms with Crippen molar-refractivity contribution in [3.05, 3.63) is 94.5 Å². The molecule has 0 spiro atoms. The Labute approximate surface area is 199 Å². The summed E-state index contributed by atoms with van der Waals surface area (Å²) in [6, 6.07) is 22.1. The minimum Gasteiger partial charge on any atom is -0.349 e. The highest BCUT2D eigenvalue weighted by molar-refractivity contribution is 7.92.